The van der Waals surface area contributed by atoms with Crippen LogP contribution in [-0.4, -0.2) is 34.5 Å². The molecule has 0 atom stereocenters. The summed E-state index contributed by atoms with van der Waals surface area (Å²) in [7, 11) is 0. The van der Waals surface area contributed by atoms with Gasteiger partial charge in [-0.1, -0.05) is 0 Å². The fourth-order valence-corrected chi connectivity index (χ4v) is 3.94. The largest absolute Gasteiger partial charge is 0.463 e. The number of ether oxygens (including phenoxy) is 1. The van der Waals surface area contributed by atoms with Gasteiger partial charge in [0.1, 0.15) is 10.7 Å². The molecule has 2 aromatic rings. The number of rotatable bonds is 6. The summed E-state index contributed by atoms with van der Waals surface area (Å²) in [6.45, 7) is 7.76. The molecular weight excluding hydrogens is 338 g/mol. The highest BCUT2D eigenvalue weighted by atomic mass is 32.1. The van der Waals surface area contributed by atoms with Crippen LogP contribution in [-0.2, 0) is 9.53 Å². The van der Waals surface area contributed by atoms with Gasteiger partial charge in [-0.2, -0.15) is 0 Å². The van der Waals surface area contributed by atoms with Gasteiger partial charge in [-0.05, 0) is 46.1 Å². The van der Waals surface area contributed by atoms with Gasteiger partial charge in [0.2, 0.25) is 0 Å². The summed E-state index contributed by atoms with van der Waals surface area (Å²) in [5.74, 6) is 0.897. The Labute approximate surface area is 151 Å². The molecule has 1 fully saturated rings. The lowest BCUT2D eigenvalue weighted by atomic mass is 10.1. The van der Waals surface area contributed by atoms with Gasteiger partial charge in [0.25, 0.3) is 5.91 Å². The lowest BCUT2D eigenvalue weighted by Crippen LogP contribution is -2.26. The summed E-state index contributed by atoms with van der Waals surface area (Å²) < 4.78 is 5.06. The predicted octanol–water partition coefficient (Wildman–Crippen LogP) is 3.26. The molecule has 0 aliphatic heterocycles. The maximum absolute atomic E-state index is 12.5. The standard InChI is InChI=1S/C18H23N3O3S/c1-9(2)24-13(22)7-8-19-17(23)15-10(3)14-11(4)20-16(12-5-6-12)21-18(14)25-15/h9,12H,5-8H2,1-4H3,(H,19,23). The highest BCUT2D eigenvalue weighted by Gasteiger charge is 2.28. The summed E-state index contributed by atoms with van der Waals surface area (Å²) in [4.78, 5) is 34.8. The van der Waals surface area contributed by atoms with Crippen molar-refractivity contribution in [2.75, 3.05) is 6.54 Å². The first-order valence-electron chi connectivity index (χ1n) is 8.62. The van der Waals surface area contributed by atoms with Gasteiger partial charge in [-0.25, -0.2) is 9.97 Å². The maximum Gasteiger partial charge on any atom is 0.307 e. The van der Waals surface area contributed by atoms with E-state index in [2.05, 4.69) is 15.3 Å². The van der Waals surface area contributed by atoms with Crippen LogP contribution in [0.15, 0.2) is 0 Å². The number of thiophene rings is 1. The zero-order valence-corrected chi connectivity index (χ0v) is 15.8. The van der Waals surface area contributed by atoms with Gasteiger partial charge in [-0.15, -0.1) is 11.3 Å². The minimum Gasteiger partial charge on any atom is -0.463 e. The van der Waals surface area contributed by atoms with Crippen LogP contribution in [0.1, 0.15) is 65.8 Å². The molecule has 6 nitrogen and oxygen atoms in total. The molecule has 0 aromatic carbocycles. The third-order valence-electron chi connectivity index (χ3n) is 4.12. The lowest BCUT2D eigenvalue weighted by molar-refractivity contribution is -0.147. The van der Waals surface area contributed by atoms with Crippen LogP contribution in [0, 0.1) is 13.8 Å². The van der Waals surface area contributed by atoms with Crippen LogP contribution < -0.4 is 5.32 Å². The average molecular weight is 361 g/mol. The van der Waals surface area contributed by atoms with Gasteiger partial charge >= 0.3 is 5.97 Å². The normalized spacial score (nSPS) is 14.1. The van der Waals surface area contributed by atoms with Crippen molar-refractivity contribution < 1.29 is 14.3 Å². The summed E-state index contributed by atoms with van der Waals surface area (Å²) >= 11 is 1.40. The number of nitrogens with one attached hydrogen (secondary N) is 1. The monoisotopic (exact) mass is 361 g/mol. The average Bonchev–Trinajstić information content (AvgIpc) is 3.30. The molecule has 7 heteroatoms. The van der Waals surface area contributed by atoms with Gasteiger partial charge in [0.05, 0.1) is 23.1 Å². The van der Waals surface area contributed by atoms with Crippen LogP contribution in [0.5, 0.6) is 0 Å². The minimum atomic E-state index is -0.306. The van der Waals surface area contributed by atoms with E-state index in [-0.39, 0.29) is 30.9 Å². The Morgan fingerprint density at radius 2 is 2.00 bits per heavy atom. The van der Waals surface area contributed by atoms with Crippen LogP contribution in [0.3, 0.4) is 0 Å². The number of carbonyl (C=O) groups excluding carboxylic acids is 2. The molecule has 134 valence electrons. The van der Waals surface area contributed by atoms with E-state index < -0.39 is 0 Å². The van der Waals surface area contributed by atoms with E-state index in [1.807, 2.05) is 13.8 Å². The Morgan fingerprint density at radius 3 is 2.64 bits per heavy atom. The molecule has 0 saturated heterocycles. The fourth-order valence-electron chi connectivity index (χ4n) is 2.78. The van der Waals surface area contributed by atoms with Crippen molar-refractivity contribution in [3.05, 3.63) is 22.0 Å². The quantitative estimate of drug-likeness (QED) is 0.799. The number of nitrogens with zero attached hydrogens (tertiary/aromatic N) is 2. The molecule has 1 aliphatic rings. The number of hydrogen-bond donors (Lipinski definition) is 1. The van der Waals surface area contributed by atoms with E-state index in [4.69, 9.17) is 4.74 Å². The first-order valence-corrected chi connectivity index (χ1v) is 9.43. The number of hydrogen-bond acceptors (Lipinski definition) is 6. The van der Waals surface area contributed by atoms with E-state index in [9.17, 15) is 9.59 Å². The van der Waals surface area contributed by atoms with E-state index >= 15 is 0 Å². The molecule has 1 saturated carbocycles. The van der Waals surface area contributed by atoms with Gasteiger partial charge < -0.3 is 10.1 Å². The summed E-state index contributed by atoms with van der Waals surface area (Å²) in [5.41, 5.74) is 1.84. The Hall–Kier alpha value is -2.02. The maximum atomic E-state index is 12.5. The molecule has 3 rings (SSSR count). The molecule has 0 bridgehead atoms. The Kier molecular flexibility index (Phi) is 5.03. The second kappa shape index (κ2) is 7.07. The number of aromatic nitrogens is 2. The lowest BCUT2D eigenvalue weighted by Gasteiger charge is -2.08. The zero-order chi connectivity index (χ0) is 18.1. The third-order valence-corrected chi connectivity index (χ3v) is 5.30. The Balaban J connectivity index is 1.72. The van der Waals surface area contributed by atoms with E-state index in [0.29, 0.717) is 10.8 Å². The van der Waals surface area contributed by atoms with Gasteiger partial charge in [0.15, 0.2) is 0 Å². The summed E-state index contributed by atoms with van der Waals surface area (Å²) in [6, 6.07) is 0. The molecule has 1 N–H and O–H groups in total. The second-order valence-corrected chi connectivity index (χ2v) is 7.72. The van der Waals surface area contributed by atoms with Gasteiger partial charge in [-0.3, -0.25) is 9.59 Å². The molecule has 2 heterocycles. The van der Waals surface area contributed by atoms with Crippen molar-refractivity contribution >= 4 is 33.4 Å². The molecule has 0 radical (unpaired) electrons. The van der Waals surface area contributed by atoms with Crippen molar-refractivity contribution in [3.8, 4) is 0 Å². The van der Waals surface area contributed by atoms with E-state index in [1.54, 1.807) is 13.8 Å². The van der Waals surface area contributed by atoms with Crippen LogP contribution in [0.25, 0.3) is 10.2 Å². The minimum absolute atomic E-state index is 0.143. The van der Waals surface area contributed by atoms with Crippen molar-refractivity contribution in [1.82, 2.24) is 15.3 Å². The Morgan fingerprint density at radius 1 is 1.28 bits per heavy atom. The Bertz CT molecular complexity index is 825. The van der Waals surface area contributed by atoms with Crippen molar-refractivity contribution in [1.29, 1.82) is 0 Å². The topological polar surface area (TPSA) is 81.2 Å². The first kappa shape index (κ1) is 17.8. The number of esters is 1. The number of fused-ring (bicyclic) bond motifs is 1. The second-order valence-electron chi connectivity index (χ2n) is 6.72. The zero-order valence-electron chi connectivity index (χ0n) is 15.0. The van der Waals surface area contributed by atoms with Crippen molar-refractivity contribution in [3.63, 3.8) is 0 Å². The fraction of sp³-hybridized carbons (Fsp3) is 0.556. The predicted molar refractivity (Wildman–Crippen MR) is 97.0 cm³/mol. The molecule has 0 spiro atoms. The highest BCUT2D eigenvalue weighted by molar-refractivity contribution is 7.20. The smallest absolute Gasteiger partial charge is 0.307 e. The molecule has 25 heavy (non-hydrogen) atoms. The first-order chi connectivity index (χ1) is 11.9. The molecule has 2 aromatic heterocycles. The number of aryl methyl sites for hydroxylation is 2. The van der Waals surface area contributed by atoms with Crippen LogP contribution in [0.2, 0.25) is 0 Å². The van der Waals surface area contributed by atoms with E-state index in [0.717, 1.165) is 40.1 Å². The molecule has 1 aliphatic carbocycles. The molecule has 0 unspecified atom stereocenters. The molecular formula is C18H23N3O3S. The summed E-state index contributed by atoms with van der Waals surface area (Å²) in [5, 5.41) is 3.77. The van der Waals surface area contributed by atoms with Gasteiger partial charge in [0, 0.05) is 17.8 Å². The number of amides is 1. The SMILES string of the molecule is Cc1nc(C2CC2)nc2sc(C(=O)NCCC(=O)OC(C)C)c(C)c12. The highest BCUT2D eigenvalue weighted by Crippen LogP contribution is 2.40. The number of carbonyl (C=O) groups is 2. The van der Waals surface area contributed by atoms with E-state index in [1.165, 1.54) is 11.3 Å². The van der Waals surface area contributed by atoms with Crippen LogP contribution >= 0.6 is 11.3 Å². The van der Waals surface area contributed by atoms with Crippen molar-refractivity contribution in [2.24, 2.45) is 0 Å². The summed E-state index contributed by atoms with van der Waals surface area (Å²) in [6.07, 6.45) is 2.32. The molecule has 1 amide bonds. The van der Waals surface area contributed by atoms with Crippen LogP contribution in [0.4, 0.5) is 0 Å². The van der Waals surface area contributed by atoms with Crippen molar-refractivity contribution in [2.45, 2.75) is 59.0 Å². The third kappa shape index (κ3) is 3.98.